The summed E-state index contributed by atoms with van der Waals surface area (Å²) in [7, 11) is 0. The fourth-order valence-corrected chi connectivity index (χ4v) is 4.29. The van der Waals surface area contributed by atoms with Gasteiger partial charge in [0.15, 0.2) is 0 Å². The molecule has 0 aromatic heterocycles. The van der Waals surface area contributed by atoms with Gasteiger partial charge in [0.05, 0.1) is 6.04 Å². The highest BCUT2D eigenvalue weighted by Crippen LogP contribution is 2.27. The molecule has 2 rings (SSSR count). The van der Waals surface area contributed by atoms with Gasteiger partial charge >= 0.3 is 0 Å². The van der Waals surface area contributed by atoms with Gasteiger partial charge in [-0.2, -0.15) is 0 Å². The molecular weight excluding hydrogens is 394 g/mol. The summed E-state index contributed by atoms with van der Waals surface area (Å²) in [5.41, 5.74) is 10.4. The van der Waals surface area contributed by atoms with E-state index in [0.29, 0.717) is 11.5 Å². The van der Waals surface area contributed by atoms with E-state index in [1.807, 2.05) is 0 Å². The van der Waals surface area contributed by atoms with Gasteiger partial charge in [-0.25, -0.2) is 0 Å². The smallest absolute Gasteiger partial charge is 0.136 e. The van der Waals surface area contributed by atoms with Gasteiger partial charge in [0.1, 0.15) is 6.29 Å². The van der Waals surface area contributed by atoms with Crippen LogP contribution >= 0.6 is 0 Å². The Hall–Kier alpha value is -1.65. The van der Waals surface area contributed by atoms with E-state index in [1.165, 1.54) is 36.1 Å². The van der Waals surface area contributed by atoms with Crippen LogP contribution in [0.15, 0.2) is 35.9 Å². The number of hydrogen-bond acceptors (Lipinski definition) is 4. The average Bonchev–Trinajstić information content (AvgIpc) is 2.76. The maximum Gasteiger partial charge on any atom is 0.136 e. The van der Waals surface area contributed by atoms with Crippen LogP contribution in [0.25, 0.3) is 0 Å². The Morgan fingerprint density at radius 1 is 1.19 bits per heavy atom. The van der Waals surface area contributed by atoms with Crippen molar-refractivity contribution in [3.8, 4) is 0 Å². The maximum atomic E-state index is 10.9. The quantitative estimate of drug-likeness (QED) is 0.366. The molecular formula is C28H47N3O. The minimum Gasteiger partial charge on any atom is -0.365 e. The lowest BCUT2D eigenvalue weighted by atomic mass is 9.88. The van der Waals surface area contributed by atoms with E-state index < -0.39 is 0 Å². The lowest BCUT2D eigenvalue weighted by Gasteiger charge is -2.40. The molecule has 2 N–H and O–H groups in total. The van der Waals surface area contributed by atoms with Crippen LogP contribution in [-0.2, 0) is 11.2 Å². The Bertz CT molecular complexity index is 707. The number of likely N-dealkylation sites (tertiary alicyclic amines) is 1. The highest BCUT2D eigenvalue weighted by atomic mass is 16.1. The summed E-state index contributed by atoms with van der Waals surface area (Å²) in [6, 6.07) is 9.53. The second-order valence-electron chi connectivity index (χ2n) is 11.2. The van der Waals surface area contributed by atoms with Crippen molar-refractivity contribution in [1.29, 1.82) is 0 Å². The lowest BCUT2D eigenvalue weighted by Crippen LogP contribution is -2.46. The Morgan fingerprint density at radius 2 is 1.81 bits per heavy atom. The van der Waals surface area contributed by atoms with Crippen LogP contribution in [0.5, 0.6) is 0 Å². The molecule has 0 radical (unpaired) electrons. The van der Waals surface area contributed by atoms with Gasteiger partial charge in [-0.15, -0.1) is 0 Å². The lowest BCUT2D eigenvalue weighted by molar-refractivity contribution is -0.109. The van der Waals surface area contributed by atoms with Gasteiger partial charge in [-0.05, 0) is 81.5 Å². The van der Waals surface area contributed by atoms with Crippen molar-refractivity contribution in [2.24, 2.45) is 17.1 Å². The molecule has 1 heterocycles. The number of aryl methyl sites for hydroxylation is 1. The highest BCUT2D eigenvalue weighted by molar-refractivity contribution is 5.57. The Morgan fingerprint density at radius 3 is 2.34 bits per heavy atom. The number of nitrogens with two attached hydrogens (primary N) is 1. The summed E-state index contributed by atoms with van der Waals surface area (Å²) in [4.78, 5) is 16.1. The number of piperidine rings is 1. The van der Waals surface area contributed by atoms with Crippen molar-refractivity contribution in [3.63, 3.8) is 0 Å². The van der Waals surface area contributed by atoms with Gasteiger partial charge in [-0.1, -0.05) is 51.5 Å². The molecule has 2 unspecified atom stereocenters. The molecule has 1 saturated heterocycles. The number of nitrogens with zero attached hydrogens (tertiary/aromatic N) is 2. The summed E-state index contributed by atoms with van der Waals surface area (Å²) in [5.74, 6) is 0.246. The van der Waals surface area contributed by atoms with Gasteiger partial charge in [0.25, 0.3) is 0 Å². The van der Waals surface area contributed by atoms with Crippen LogP contribution in [0.4, 0.5) is 5.69 Å². The fourth-order valence-electron chi connectivity index (χ4n) is 4.29. The molecule has 0 spiro atoms. The second kappa shape index (κ2) is 12.6. The monoisotopic (exact) mass is 441 g/mol. The Kier molecular flexibility index (Phi) is 10.4. The molecule has 1 aromatic rings. The van der Waals surface area contributed by atoms with Gasteiger partial charge < -0.3 is 20.3 Å². The van der Waals surface area contributed by atoms with Crippen molar-refractivity contribution in [2.75, 3.05) is 31.1 Å². The van der Waals surface area contributed by atoms with E-state index in [1.54, 1.807) is 0 Å². The fraction of sp³-hybridized carbons (Fsp3) is 0.679. The normalized spacial score (nSPS) is 17.6. The second-order valence-corrected chi connectivity index (χ2v) is 11.2. The first-order valence-electron chi connectivity index (χ1n) is 12.5. The number of hydrogen-bond donors (Lipinski definition) is 1. The highest BCUT2D eigenvalue weighted by Gasteiger charge is 2.25. The van der Waals surface area contributed by atoms with E-state index in [0.717, 1.165) is 45.3 Å². The SMILES string of the molecule is CC(C)=CCN(c1ccc(CCC(C)(C)C)cc1)C1CCN(CCC(C)C(N)C=O)CC1. The average molecular weight is 442 g/mol. The predicted octanol–water partition coefficient (Wildman–Crippen LogP) is 5.45. The van der Waals surface area contributed by atoms with E-state index in [2.05, 4.69) is 81.7 Å². The third-order valence-corrected chi connectivity index (χ3v) is 6.84. The Balaban J connectivity index is 1.98. The maximum absolute atomic E-state index is 10.9. The van der Waals surface area contributed by atoms with Crippen molar-refractivity contribution in [3.05, 3.63) is 41.5 Å². The number of rotatable bonds is 11. The van der Waals surface area contributed by atoms with Gasteiger partial charge in [-0.3, -0.25) is 0 Å². The molecule has 1 aromatic carbocycles. The molecule has 0 saturated carbocycles. The summed E-state index contributed by atoms with van der Waals surface area (Å²) in [6.45, 7) is 17.6. The van der Waals surface area contributed by atoms with Crippen LogP contribution in [0, 0.1) is 11.3 Å². The van der Waals surface area contributed by atoms with Crippen LogP contribution in [0.2, 0.25) is 0 Å². The summed E-state index contributed by atoms with van der Waals surface area (Å²) >= 11 is 0. The largest absolute Gasteiger partial charge is 0.365 e. The summed E-state index contributed by atoms with van der Waals surface area (Å²) < 4.78 is 0. The molecule has 0 amide bonds. The first-order valence-corrected chi connectivity index (χ1v) is 12.5. The number of carbonyl (C=O) groups is 1. The minimum atomic E-state index is -0.335. The van der Waals surface area contributed by atoms with Gasteiger partial charge in [0.2, 0.25) is 0 Å². The molecule has 1 aliphatic heterocycles. The molecule has 4 nitrogen and oxygen atoms in total. The van der Waals surface area contributed by atoms with Crippen molar-refractivity contribution in [2.45, 2.75) is 85.7 Å². The molecule has 180 valence electrons. The van der Waals surface area contributed by atoms with E-state index in [4.69, 9.17) is 5.73 Å². The number of benzene rings is 1. The van der Waals surface area contributed by atoms with E-state index in [-0.39, 0.29) is 12.0 Å². The third-order valence-electron chi connectivity index (χ3n) is 6.84. The summed E-state index contributed by atoms with van der Waals surface area (Å²) in [6.07, 6.45) is 8.93. The first-order chi connectivity index (χ1) is 15.1. The first kappa shape index (κ1) is 26.6. The number of allylic oxidation sites excluding steroid dienone is 1. The number of carbonyl (C=O) groups excluding carboxylic acids is 1. The van der Waals surface area contributed by atoms with Crippen molar-refractivity contribution < 1.29 is 4.79 Å². The zero-order valence-electron chi connectivity index (χ0n) is 21.4. The molecule has 1 aliphatic rings. The zero-order valence-corrected chi connectivity index (χ0v) is 21.4. The number of aldehydes is 1. The van der Waals surface area contributed by atoms with Gasteiger partial charge in [0, 0.05) is 31.4 Å². The van der Waals surface area contributed by atoms with Crippen LogP contribution < -0.4 is 10.6 Å². The minimum absolute atomic E-state index is 0.246. The standard InChI is InChI=1S/C28H47N3O/c1-22(2)12-20-31(25-9-7-24(8-10-25)11-16-28(4,5)6)26-14-18-30(19-15-26)17-13-23(3)27(29)21-32/h7-10,12,21,23,26-27H,11,13-20,29H2,1-6H3. The molecule has 0 bridgehead atoms. The van der Waals surface area contributed by atoms with Crippen LogP contribution in [0.3, 0.4) is 0 Å². The molecule has 4 heteroatoms. The zero-order chi connectivity index (χ0) is 23.7. The molecule has 32 heavy (non-hydrogen) atoms. The Labute approximate surface area is 197 Å². The van der Waals surface area contributed by atoms with Crippen molar-refractivity contribution in [1.82, 2.24) is 4.90 Å². The van der Waals surface area contributed by atoms with Crippen LogP contribution in [-0.4, -0.2) is 49.4 Å². The van der Waals surface area contributed by atoms with Crippen molar-refractivity contribution >= 4 is 12.0 Å². The topological polar surface area (TPSA) is 49.6 Å². The number of anilines is 1. The molecule has 2 atom stereocenters. The third kappa shape index (κ3) is 9.07. The van der Waals surface area contributed by atoms with Crippen LogP contribution in [0.1, 0.15) is 72.8 Å². The predicted molar refractivity (Wildman–Crippen MR) is 138 cm³/mol. The molecule has 1 fully saturated rings. The van der Waals surface area contributed by atoms with E-state index in [9.17, 15) is 4.79 Å². The van der Waals surface area contributed by atoms with E-state index >= 15 is 0 Å². The molecule has 0 aliphatic carbocycles. The summed E-state index contributed by atoms with van der Waals surface area (Å²) in [5, 5.41) is 0.